The molecule has 0 spiro atoms. The Bertz CT molecular complexity index is 705. The van der Waals surface area contributed by atoms with Crippen molar-refractivity contribution in [3.05, 3.63) is 58.4 Å². The minimum atomic E-state index is 0.621. The smallest absolute Gasteiger partial charge is 0.228 e. The molecule has 0 atom stereocenters. The normalized spacial score (nSPS) is 10.5. The van der Waals surface area contributed by atoms with Crippen LogP contribution in [0.4, 0.5) is 0 Å². The molecule has 3 rings (SSSR count). The second kappa shape index (κ2) is 5.66. The van der Waals surface area contributed by atoms with Crippen molar-refractivity contribution in [3.8, 4) is 28.5 Å². The predicted octanol–water partition coefficient (Wildman–Crippen LogP) is 4.62. The minimum Gasteiger partial charge on any atom is -0.497 e. The van der Waals surface area contributed by atoms with E-state index in [9.17, 15) is 0 Å². The van der Waals surface area contributed by atoms with E-state index in [1.54, 1.807) is 7.11 Å². The van der Waals surface area contributed by atoms with Gasteiger partial charge in [-0.2, -0.15) is 0 Å². The summed E-state index contributed by atoms with van der Waals surface area (Å²) in [5.41, 5.74) is 2.86. The fraction of sp³-hybridized carbons (Fsp3) is 0.0625. The van der Waals surface area contributed by atoms with E-state index in [0.29, 0.717) is 5.89 Å². The maximum atomic E-state index is 5.76. The Morgan fingerprint density at radius 1 is 0.950 bits per heavy atom. The van der Waals surface area contributed by atoms with Crippen LogP contribution in [0.25, 0.3) is 22.7 Å². The van der Waals surface area contributed by atoms with E-state index in [2.05, 4.69) is 27.6 Å². The van der Waals surface area contributed by atoms with Crippen molar-refractivity contribution in [2.45, 2.75) is 0 Å². The lowest BCUT2D eigenvalue weighted by molar-refractivity contribution is 0.415. The molecule has 2 aromatic carbocycles. The Balaban J connectivity index is 2.00. The summed E-state index contributed by atoms with van der Waals surface area (Å²) >= 11 is 2.17. The molecule has 0 aliphatic carbocycles. The molecule has 0 aliphatic rings. The van der Waals surface area contributed by atoms with Crippen molar-refractivity contribution < 1.29 is 9.15 Å². The monoisotopic (exact) mass is 377 g/mol. The molecule has 0 amide bonds. The van der Waals surface area contributed by atoms with Crippen molar-refractivity contribution in [1.29, 1.82) is 0 Å². The molecule has 3 aromatic rings. The van der Waals surface area contributed by atoms with E-state index in [4.69, 9.17) is 9.15 Å². The molecule has 0 aliphatic heterocycles. The number of hydrogen-bond acceptors (Lipinski definition) is 3. The zero-order valence-electron chi connectivity index (χ0n) is 10.8. The highest BCUT2D eigenvalue weighted by atomic mass is 127. The second-order valence-electron chi connectivity index (χ2n) is 4.24. The number of halogens is 1. The molecule has 0 radical (unpaired) electrons. The van der Waals surface area contributed by atoms with Gasteiger partial charge < -0.3 is 9.15 Å². The van der Waals surface area contributed by atoms with Gasteiger partial charge >= 0.3 is 0 Å². The number of nitrogens with zero attached hydrogens (tertiary/aromatic N) is 1. The zero-order chi connectivity index (χ0) is 13.9. The molecule has 3 nitrogen and oxygen atoms in total. The Labute approximate surface area is 130 Å². The van der Waals surface area contributed by atoms with Crippen LogP contribution in [0.2, 0.25) is 0 Å². The van der Waals surface area contributed by atoms with Gasteiger partial charge in [-0.05, 0) is 24.3 Å². The van der Waals surface area contributed by atoms with Crippen LogP contribution in [-0.2, 0) is 0 Å². The zero-order valence-corrected chi connectivity index (χ0v) is 13.0. The van der Waals surface area contributed by atoms with Crippen LogP contribution in [0.15, 0.2) is 59.0 Å². The third-order valence-corrected chi connectivity index (χ3v) is 3.70. The van der Waals surface area contributed by atoms with Crippen LogP contribution in [0, 0.1) is 3.77 Å². The number of rotatable bonds is 3. The minimum absolute atomic E-state index is 0.621. The van der Waals surface area contributed by atoms with E-state index in [1.165, 1.54) is 0 Å². The summed E-state index contributed by atoms with van der Waals surface area (Å²) in [4.78, 5) is 4.59. The summed E-state index contributed by atoms with van der Waals surface area (Å²) in [5.74, 6) is 1.44. The molecule has 100 valence electrons. The summed E-state index contributed by atoms with van der Waals surface area (Å²) in [6.07, 6.45) is 0. The van der Waals surface area contributed by atoms with E-state index in [1.807, 2.05) is 54.6 Å². The molecule has 0 bridgehead atoms. The van der Waals surface area contributed by atoms with Gasteiger partial charge in [0, 0.05) is 33.7 Å². The number of oxazole rings is 1. The lowest BCUT2D eigenvalue weighted by atomic mass is 10.2. The molecule has 4 heteroatoms. The fourth-order valence-electron chi connectivity index (χ4n) is 1.93. The average molecular weight is 377 g/mol. The highest BCUT2D eigenvalue weighted by molar-refractivity contribution is 14.1. The van der Waals surface area contributed by atoms with Crippen molar-refractivity contribution in [1.82, 2.24) is 4.98 Å². The van der Waals surface area contributed by atoms with Crippen molar-refractivity contribution >= 4 is 22.6 Å². The Morgan fingerprint density at radius 3 is 2.30 bits per heavy atom. The Hall–Kier alpha value is -1.82. The van der Waals surface area contributed by atoms with Gasteiger partial charge in [-0.25, -0.2) is 4.98 Å². The van der Waals surface area contributed by atoms with E-state index in [-0.39, 0.29) is 0 Å². The van der Waals surface area contributed by atoms with Gasteiger partial charge in [-0.1, -0.05) is 30.3 Å². The summed E-state index contributed by atoms with van der Waals surface area (Å²) in [5, 5.41) is 0. The third-order valence-electron chi connectivity index (χ3n) is 2.97. The van der Waals surface area contributed by atoms with Crippen LogP contribution in [0.1, 0.15) is 0 Å². The standard InChI is InChI=1S/C16H12INO2/c1-19-13-9-7-12(8-10-13)16-18-14(15(17)20-16)11-5-3-2-4-6-11/h2-10H,1H3. The van der Waals surface area contributed by atoms with Crippen molar-refractivity contribution in [2.24, 2.45) is 0 Å². The van der Waals surface area contributed by atoms with Crippen molar-refractivity contribution in [2.75, 3.05) is 7.11 Å². The molecule has 0 N–H and O–H groups in total. The lowest BCUT2D eigenvalue weighted by Gasteiger charge is -1.99. The fourth-order valence-corrected chi connectivity index (χ4v) is 2.57. The molecule has 0 unspecified atom stereocenters. The molecule has 0 saturated carbocycles. The maximum absolute atomic E-state index is 5.76. The topological polar surface area (TPSA) is 35.3 Å². The van der Waals surface area contributed by atoms with Crippen LogP contribution < -0.4 is 4.74 Å². The van der Waals surface area contributed by atoms with E-state index in [0.717, 1.165) is 26.3 Å². The Kier molecular flexibility index (Phi) is 3.73. The highest BCUT2D eigenvalue weighted by Crippen LogP contribution is 2.30. The quantitative estimate of drug-likeness (QED) is 0.625. The number of ether oxygens (including phenoxy) is 1. The first-order valence-electron chi connectivity index (χ1n) is 6.14. The number of methoxy groups -OCH3 is 1. The molecule has 0 saturated heterocycles. The van der Waals surface area contributed by atoms with Gasteiger partial charge in [-0.3, -0.25) is 0 Å². The second-order valence-corrected chi connectivity index (χ2v) is 5.22. The Morgan fingerprint density at radius 2 is 1.65 bits per heavy atom. The first-order valence-corrected chi connectivity index (χ1v) is 7.22. The summed E-state index contributed by atoms with van der Waals surface area (Å²) in [7, 11) is 1.65. The summed E-state index contributed by atoms with van der Waals surface area (Å²) < 4.78 is 11.7. The maximum Gasteiger partial charge on any atom is 0.228 e. The van der Waals surface area contributed by atoms with Crippen LogP contribution >= 0.6 is 22.6 Å². The molecular weight excluding hydrogens is 365 g/mol. The summed E-state index contributed by atoms with van der Waals surface area (Å²) in [6, 6.07) is 17.7. The van der Waals surface area contributed by atoms with Crippen LogP contribution in [0.3, 0.4) is 0 Å². The lowest BCUT2D eigenvalue weighted by Crippen LogP contribution is -1.83. The van der Waals surface area contributed by atoms with Crippen LogP contribution in [0.5, 0.6) is 5.75 Å². The first kappa shape index (κ1) is 13.2. The van der Waals surface area contributed by atoms with Gasteiger partial charge in [-0.15, -0.1) is 0 Å². The van der Waals surface area contributed by atoms with Gasteiger partial charge in [0.1, 0.15) is 11.4 Å². The number of benzene rings is 2. The summed E-state index contributed by atoms with van der Waals surface area (Å²) in [6.45, 7) is 0. The third kappa shape index (κ3) is 2.56. The van der Waals surface area contributed by atoms with E-state index >= 15 is 0 Å². The predicted molar refractivity (Wildman–Crippen MR) is 86.6 cm³/mol. The molecule has 20 heavy (non-hydrogen) atoms. The van der Waals surface area contributed by atoms with Gasteiger partial charge in [0.15, 0.2) is 3.77 Å². The average Bonchev–Trinajstić information content (AvgIpc) is 2.90. The van der Waals surface area contributed by atoms with Gasteiger partial charge in [0.2, 0.25) is 5.89 Å². The highest BCUT2D eigenvalue weighted by Gasteiger charge is 2.13. The van der Waals surface area contributed by atoms with E-state index < -0.39 is 0 Å². The SMILES string of the molecule is COc1ccc(-c2nc(-c3ccccc3)c(I)o2)cc1. The largest absolute Gasteiger partial charge is 0.497 e. The molecule has 1 aromatic heterocycles. The van der Waals surface area contributed by atoms with Gasteiger partial charge in [0.05, 0.1) is 7.11 Å². The van der Waals surface area contributed by atoms with Crippen molar-refractivity contribution in [3.63, 3.8) is 0 Å². The molecule has 1 heterocycles. The van der Waals surface area contributed by atoms with Gasteiger partial charge in [0.25, 0.3) is 0 Å². The first-order chi connectivity index (χ1) is 9.78. The molecular formula is C16H12INO2. The number of hydrogen-bond donors (Lipinski definition) is 0. The molecule has 0 fully saturated rings. The number of aromatic nitrogens is 1. The van der Waals surface area contributed by atoms with Crippen LogP contribution in [-0.4, -0.2) is 12.1 Å².